The van der Waals surface area contributed by atoms with Gasteiger partial charge in [0, 0.05) is 12.6 Å². The van der Waals surface area contributed by atoms with E-state index in [1.54, 1.807) is 0 Å². The molecule has 0 heterocycles. The summed E-state index contributed by atoms with van der Waals surface area (Å²) in [6, 6.07) is -0.0966. The zero-order valence-corrected chi connectivity index (χ0v) is 12.4. The van der Waals surface area contributed by atoms with Crippen molar-refractivity contribution in [2.45, 2.75) is 57.2 Å². The van der Waals surface area contributed by atoms with E-state index in [9.17, 15) is 18.3 Å². The van der Waals surface area contributed by atoms with Gasteiger partial charge in [-0.1, -0.05) is 6.42 Å². The molecule has 2 saturated carbocycles. The second-order valence-electron chi connectivity index (χ2n) is 6.07. The fourth-order valence-electron chi connectivity index (χ4n) is 2.90. The van der Waals surface area contributed by atoms with Crippen LogP contribution in [0.4, 0.5) is 0 Å². The van der Waals surface area contributed by atoms with Crippen LogP contribution in [0.3, 0.4) is 0 Å². The molecule has 0 radical (unpaired) electrons. The lowest BCUT2D eigenvalue weighted by Gasteiger charge is -2.30. The predicted octanol–water partition coefficient (Wildman–Crippen LogP) is 1.69. The van der Waals surface area contributed by atoms with Crippen molar-refractivity contribution in [3.63, 3.8) is 0 Å². The molecular weight excluding hydrogens is 266 g/mol. The van der Waals surface area contributed by atoms with E-state index in [1.807, 2.05) is 13.8 Å². The summed E-state index contributed by atoms with van der Waals surface area (Å²) < 4.78 is 27.0. The van der Waals surface area contributed by atoms with Crippen molar-refractivity contribution in [3.05, 3.63) is 0 Å². The topological polar surface area (TPSA) is 74.7 Å². The molecule has 110 valence electrons. The number of nitrogens with zero attached hydrogens (tertiary/aromatic N) is 1. The molecular formula is C13H23NO4S. The molecule has 0 saturated heterocycles. The van der Waals surface area contributed by atoms with Crippen molar-refractivity contribution in [1.29, 1.82) is 0 Å². The van der Waals surface area contributed by atoms with Gasteiger partial charge in [-0.3, -0.25) is 4.79 Å². The molecule has 2 aliphatic rings. The third-order valence-electron chi connectivity index (χ3n) is 4.19. The van der Waals surface area contributed by atoms with Crippen LogP contribution in [0.5, 0.6) is 0 Å². The minimum absolute atomic E-state index is 0.0966. The van der Waals surface area contributed by atoms with Gasteiger partial charge in [0.2, 0.25) is 10.0 Å². The molecule has 2 rings (SSSR count). The molecule has 0 aromatic carbocycles. The van der Waals surface area contributed by atoms with Crippen LogP contribution in [0.15, 0.2) is 0 Å². The summed E-state index contributed by atoms with van der Waals surface area (Å²) in [4.78, 5) is 11.2. The van der Waals surface area contributed by atoms with Crippen LogP contribution in [0.2, 0.25) is 0 Å². The number of sulfonamides is 1. The van der Waals surface area contributed by atoms with E-state index >= 15 is 0 Å². The third kappa shape index (κ3) is 3.11. The summed E-state index contributed by atoms with van der Waals surface area (Å²) in [6.07, 6.45) is 3.83. The number of hydrogen-bond donors (Lipinski definition) is 1. The number of rotatable bonds is 6. The Morgan fingerprint density at radius 3 is 2.37 bits per heavy atom. The van der Waals surface area contributed by atoms with Crippen molar-refractivity contribution >= 4 is 16.0 Å². The first-order valence-electron chi connectivity index (χ1n) is 7.07. The van der Waals surface area contributed by atoms with E-state index in [4.69, 9.17) is 0 Å². The average Bonchev–Trinajstić information content (AvgIpc) is 2.97. The summed E-state index contributed by atoms with van der Waals surface area (Å²) in [5.74, 6) is -1.23. The maximum Gasteiger partial charge on any atom is 0.307 e. The molecule has 2 atom stereocenters. The van der Waals surface area contributed by atoms with E-state index in [1.165, 1.54) is 4.31 Å². The smallest absolute Gasteiger partial charge is 0.307 e. The monoisotopic (exact) mass is 289 g/mol. The fraction of sp³-hybridized carbons (Fsp3) is 0.923. The summed E-state index contributed by atoms with van der Waals surface area (Å²) in [5, 5.41) is 8.45. The average molecular weight is 289 g/mol. The van der Waals surface area contributed by atoms with Crippen LogP contribution >= 0.6 is 0 Å². The number of aliphatic carboxylic acids is 1. The number of hydrogen-bond acceptors (Lipinski definition) is 3. The highest BCUT2D eigenvalue weighted by molar-refractivity contribution is 7.89. The first-order chi connectivity index (χ1) is 8.84. The van der Waals surface area contributed by atoms with Gasteiger partial charge in [-0.2, -0.15) is 4.31 Å². The van der Waals surface area contributed by atoms with Crippen LogP contribution in [0, 0.1) is 11.8 Å². The van der Waals surface area contributed by atoms with Crippen molar-refractivity contribution in [3.8, 4) is 0 Å². The maximum absolute atomic E-state index is 12.7. The Morgan fingerprint density at radius 1 is 1.26 bits per heavy atom. The highest BCUT2D eigenvalue weighted by Crippen LogP contribution is 2.36. The van der Waals surface area contributed by atoms with Crippen molar-refractivity contribution in [1.82, 2.24) is 4.31 Å². The summed E-state index contributed by atoms with van der Waals surface area (Å²) >= 11 is 0. The SMILES string of the molecule is CC(C)N(CC1CC1)S(=O)(=O)C1CCCC1C(=O)O. The Hall–Kier alpha value is -0.620. The van der Waals surface area contributed by atoms with Crippen molar-refractivity contribution < 1.29 is 18.3 Å². The molecule has 0 amide bonds. The van der Waals surface area contributed by atoms with Gasteiger partial charge in [0.15, 0.2) is 0 Å². The minimum Gasteiger partial charge on any atom is -0.481 e. The quantitative estimate of drug-likeness (QED) is 0.807. The lowest BCUT2D eigenvalue weighted by molar-refractivity contribution is -0.141. The molecule has 2 fully saturated rings. The summed E-state index contributed by atoms with van der Waals surface area (Å²) in [6.45, 7) is 4.29. The van der Waals surface area contributed by atoms with Gasteiger partial charge in [0.25, 0.3) is 0 Å². The van der Waals surface area contributed by atoms with Crippen LogP contribution < -0.4 is 0 Å². The lowest BCUT2D eigenvalue weighted by Crippen LogP contribution is -2.46. The largest absolute Gasteiger partial charge is 0.481 e. The second kappa shape index (κ2) is 5.40. The molecule has 0 bridgehead atoms. The number of carbonyl (C=O) groups is 1. The van der Waals surface area contributed by atoms with E-state index in [0.29, 0.717) is 31.7 Å². The zero-order chi connectivity index (χ0) is 14.2. The van der Waals surface area contributed by atoms with Gasteiger partial charge in [0.1, 0.15) is 0 Å². The van der Waals surface area contributed by atoms with Gasteiger partial charge in [-0.15, -0.1) is 0 Å². The van der Waals surface area contributed by atoms with Gasteiger partial charge in [-0.05, 0) is 45.4 Å². The normalized spacial score (nSPS) is 28.2. The van der Waals surface area contributed by atoms with Gasteiger partial charge in [-0.25, -0.2) is 8.42 Å². The molecule has 0 aromatic rings. The molecule has 0 spiro atoms. The first-order valence-corrected chi connectivity index (χ1v) is 8.57. The van der Waals surface area contributed by atoms with Gasteiger partial charge < -0.3 is 5.11 Å². The Kier molecular flexibility index (Phi) is 4.20. The molecule has 1 N–H and O–H groups in total. The van der Waals surface area contributed by atoms with Crippen LogP contribution in [-0.2, 0) is 14.8 Å². The Balaban J connectivity index is 2.20. The standard InChI is InChI=1S/C13H23NO4S/c1-9(2)14(8-10-6-7-10)19(17,18)12-5-3-4-11(12)13(15)16/h9-12H,3-8H2,1-2H3,(H,15,16). The Bertz CT molecular complexity index is 442. The van der Waals surface area contributed by atoms with Crippen LogP contribution in [-0.4, -0.2) is 41.6 Å². The molecule has 5 nitrogen and oxygen atoms in total. The highest BCUT2D eigenvalue weighted by atomic mass is 32.2. The molecule has 19 heavy (non-hydrogen) atoms. The first kappa shape index (κ1) is 14.8. The van der Waals surface area contributed by atoms with Crippen molar-refractivity contribution in [2.75, 3.05) is 6.54 Å². The van der Waals surface area contributed by atoms with Crippen LogP contribution in [0.25, 0.3) is 0 Å². The predicted molar refractivity (Wildman–Crippen MR) is 72.3 cm³/mol. The van der Waals surface area contributed by atoms with Gasteiger partial charge in [0.05, 0.1) is 11.2 Å². The molecule has 2 unspecified atom stereocenters. The van der Waals surface area contributed by atoms with E-state index < -0.39 is 27.2 Å². The van der Waals surface area contributed by atoms with Crippen molar-refractivity contribution in [2.24, 2.45) is 11.8 Å². The molecule has 0 aliphatic heterocycles. The molecule has 6 heteroatoms. The number of carboxylic acids is 1. The highest BCUT2D eigenvalue weighted by Gasteiger charge is 2.45. The summed E-state index contributed by atoms with van der Waals surface area (Å²) in [5.41, 5.74) is 0. The Labute approximate surface area is 115 Å². The third-order valence-corrected chi connectivity index (χ3v) is 6.74. The lowest BCUT2D eigenvalue weighted by atomic mass is 10.1. The second-order valence-corrected chi connectivity index (χ2v) is 8.17. The van der Waals surface area contributed by atoms with E-state index in [-0.39, 0.29) is 6.04 Å². The minimum atomic E-state index is -3.50. The van der Waals surface area contributed by atoms with Gasteiger partial charge >= 0.3 is 5.97 Å². The number of carboxylic acid groups (broad SMARTS) is 1. The summed E-state index contributed by atoms with van der Waals surface area (Å²) in [7, 11) is -3.50. The zero-order valence-electron chi connectivity index (χ0n) is 11.6. The Morgan fingerprint density at radius 2 is 1.89 bits per heavy atom. The molecule has 0 aromatic heterocycles. The molecule has 2 aliphatic carbocycles. The van der Waals surface area contributed by atoms with E-state index in [2.05, 4.69) is 0 Å². The fourth-order valence-corrected chi connectivity index (χ4v) is 5.39. The van der Waals surface area contributed by atoms with Crippen LogP contribution in [0.1, 0.15) is 46.0 Å². The van der Waals surface area contributed by atoms with E-state index in [0.717, 1.165) is 12.8 Å². The maximum atomic E-state index is 12.7.